The molecule has 0 aromatic rings. The van der Waals surface area contributed by atoms with Crippen molar-refractivity contribution in [3.63, 3.8) is 0 Å². The van der Waals surface area contributed by atoms with Gasteiger partial charge in [0, 0.05) is 32.1 Å². The summed E-state index contributed by atoms with van der Waals surface area (Å²) in [6.45, 7) is 3.02. The number of carbonyl (C=O) groups is 2. The molecule has 0 saturated carbocycles. The minimum Gasteiger partial charge on any atom is -0.481 e. The SMILES string of the molecule is CCS(=O)(=O)N1CCCC(C(=O)N2CCCCC2CCC(=O)O)C1. The lowest BCUT2D eigenvalue weighted by Gasteiger charge is -2.40. The number of hydrogen-bond donors (Lipinski definition) is 1. The molecule has 2 fully saturated rings. The summed E-state index contributed by atoms with van der Waals surface area (Å²) in [6, 6.07) is -0.0273. The van der Waals surface area contributed by atoms with Gasteiger partial charge in [0.05, 0.1) is 11.7 Å². The smallest absolute Gasteiger partial charge is 0.303 e. The molecule has 0 aromatic carbocycles. The Morgan fingerprint density at radius 2 is 1.88 bits per heavy atom. The number of carboxylic acids is 1. The zero-order chi connectivity index (χ0) is 17.7. The monoisotopic (exact) mass is 360 g/mol. The third kappa shape index (κ3) is 4.69. The molecule has 1 N–H and O–H groups in total. The van der Waals surface area contributed by atoms with Gasteiger partial charge in [0.2, 0.25) is 15.9 Å². The Hall–Kier alpha value is -1.15. The number of likely N-dealkylation sites (tertiary alicyclic amines) is 1. The van der Waals surface area contributed by atoms with Crippen molar-refractivity contribution >= 4 is 21.9 Å². The number of rotatable bonds is 6. The van der Waals surface area contributed by atoms with Crippen molar-refractivity contribution in [3.05, 3.63) is 0 Å². The Kier molecular flexibility index (Phi) is 6.62. The zero-order valence-electron chi connectivity index (χ0n) is 14.3. The summed E-state index contributed by atoms with van der Waals surface area (Å²) in [4.78, 5) is 25.6. The molecular weight excluding hydrogens is 332 g/mol. The van der Waals surface area contributed by atoms with E-state index in [1.807, 2.05) is 4.90 Å². The predicted octanol–water partition coefficient (Wildman–Crippen LogP) is 1.29. The number of carboxylic acid groups (broad SMARTS) is 1. The van der Waals surface area contributed by atoms with Gasteiger partial charge in [-0.15, -0.1) is 0 Å². The molecule has 2 aliphatic rings. The van der Waals surface area contributed by atoms with Crippen LogP contribution < -0.4 is 0 Å². The second-order valence-electron chi connectivity index (χ2n) is 6.71. The van der Waals surface area contributed by atoms with Gasteiger partial charge in [-0.1, -0.05) is 0 Å². The van der Waals surface area contributed by atoms with Crippen LogP contribution in [0.1, 0.15) is 51.9 Å². The molecule has 0 aromatic heterocycles. The lowest BCUT2D eigenvalue weighted by atomic mass is 9.93. The van der Waals surface area contributed by atoms with E-state index in [4.69, 9.17) is 5.11 Å². The third-order valence-corrected chi connectivity index (χ3v) is 6.94. The number of piperidine rings is 2. The average molecular weight is 360 g/mol. The maximum Gasteiger partial charge on any atom is 0.303 e. The maximum absolute atomic E-state index is 12.9. The first kappa shape index (κ1) is 19.2. The van der Waals surface area contributed by atoms with E-state index < -0.39 is 16.0 Å². The largest absolute Gasteiger partial charge is 0.481 e. The lowest BCUT2D eigenvalue weighted by Crippen LogP contribution is -2.51. The van der Waals surface area contributed by atoms with Crippen molar-refractivity contribution in [1.82, 2.24) is 9.21 Å². The highest BCUT2D eigenvalue weighted by atomic mass is 32.2. The van der Waals surface area contributed by atoms with Gasteiger partial charge < -0.3 is 10.0 Å². The van der Waals surface area contributed by atoms with Gasteiger partial charge >= 0.3 is 5.97 Å². The van der Waals surface area contributed by atoms with Crippen LogP contribution >= 0.6 is 0 Å². The molecule has 8 heteroatoms. The van der Waals surface area contributed by atoms with Gasteiger partial charge in [-0.25, -0.2) is 12.7 Å². The number of nitrogens with zero attached hydrogens (tertiary/aromatic N) is 2. The number of hydrogen-bond acceptors (Lipinski definition) is 4. The van der Waals surface area contributed by atoms with Crippen LogP contribution in [-0.2, 0) is 19.6 Å². The molecule has 2 saturated heterocycles. The standard InChI is InChI=1S/C16H28N2O5S/c1-2-24(22,23)17-10-5-6-13(12-17)16(21)18-11-4-3-7-14(18)8-9-15(19)20/h13-14H,2-12H2,1H3,(H,19,20). The summed E-state index contributed by atoms with van der Waals surface area (Å²) in [5, 5.41) is 8.89. The summed E-state index contributed by atoms with van der Waals surface area (Å²) in [7, 11) is -3.27. The molecule has 0 radical (unpaired) electrons. The fourth-order valence-electron chi connectivity index (χ4n) is 3.69. The van der Waals surface area contributed by atoms with Gasteiger partial charge in [0.15, 0.2) is 0 Å². The number of sulfonamides is 1. The molecule has 0 spiro atoms. The molecule has 0 aliphatic carbocycles. The topological polar surface area (TPSA) is 95.0 Å². The number of amides is 1. The molecular formula is C16H28N2O5S. The Morgan fingerprint density at radius 3 is 2.54 bits per heavy atom. The molecule has 2 atom stereocenters. The summed E-state index contributed by atoms with van der Waals surface area (Å²) in [5.74, 6) is -1.09. The van der Waals surface area contributed by atoms with Crippen LogP contribution in [0.4, 0.5) is 0 Å². The molecule has 2 heterocycles. The van der Waals surface area contributed by atoms with Gasteiger partial charge in [0.25, 0.3) is 0 Å². The fraction of sp³-hybridized carbons (Fsp3) is 0.875. The van der Waals surface area contributed by atoms with Crippen molar-refractivity contribution in [3.8, 4) is 0 Å². The van der Waals surface area contributed by atoms with Crippen LogP contribution in [0.25, 0.3) is 0 Å². The first-order valence-electron chi connectivity index (χ1n) is 8.85. The normalized spacial score (nSPS) is 26.3. The van der Waals surface area contributed by atoms with E-state index in [0.29, 0.717) is 32.4 Å². The van der Waals surface area contributed by atoms with Crippen LogP contribution in [0.5, 0.6) is 0 Å². The molecule has 138 valence electrons. The highest BCUT2D eigenvalue weighted by molar-refractivity contribution is 7.89. The van der Waals surface area contributed by atoms with Crippen molar-refractivity contribution in [2.75, 3.05) is 25.4 Å². The predicted molar refractivity (Wildman–Crippen MR) is 90.0 cm³/mol. The summed E-state index contributed by atoms with van der Waals surface area (Å²) < 4.78 is 25.6. The van der Waals surface area contributed by atoms with Gasteiger partial charge in [0.1, 0.15) is 0 Å². The summed E-state index contributed by atoms with van der Waals surface area (Å²) in [6.07, 6.45) is 4.72. The van der Waals surface area contributed by atoms with Gasteiger partial charge in [-0.2, -0.15) is 0 Å². The van der Waals surface area contributed by atoms with Gasteiger partial charge in [-0.05, 0) is 45.4 Å². The third-order valence-electron chi connectivity index (χ3n) is 5.09. The first-order valence-corrected chi connectivity index (χ1v) is 10.5. The van der Waals surface area contributed by atoms with E-state index >= 15 is 0 Å². The number of carbonyl (C=O) groups excluding carboxylic acids is 1. The highest BCUT2D eigenvalue weighted by Crippen LogP contribution is 2.27. The van der Waals surface area contributed by atoms with E-state index in [9.17, 15) is 18.0 Å². The fourth-order valence-corrected chi connectivity index (χ4v) is 4.87. The first-order chi connectivity index (χ1) is 11.3. The maximum atomic E-state index is 12.9. The highest BCUT2D eigenvalue weighted by Gasteiger charge is 2.36. The second-order valence-corrected chi connectivity index (χ2v) is 8.97. The second kappa shape index (κ2) is 8.29. The van der Waals surface area contributed by atoms with Crippen molar-refractivity contribution < 1.29 is 23.1 Å². The molecule has 7 nitrogen and oxygen atoms in total. The molecule has 1 amide bonds. The number of aliphatic carboxylic acids is 1. The van der Waals surface area contributed by atoms with E-state index in [-0.39, 0.29) is 36.6 Å². The Balaban J connectivity index is 2.03. The van der Waals surface area contributed by atoms with E-state index in [1.54, 1.807) is 6.92 Å². The zero-order valence-corrected chi connectivity index (χ0v) is 15.1. The van der Waals surface area contributed by atoms with Crippen LogP contribution in [0.15, 0.2) is 0 Å². The quantitative estimate of drug-likeness (QED) is 0.770. The Labute approximate surface area is 144 Å². The molecule has 24 heavy (non-hydrogen) atoms. The summed E-state index contributed by atoms with van der Waals surface area (Å²) >= 11 is 0. The van der Waals surface area contributed by atoms with Crippen LogP contribution in [0, 0.1) is 5.92 Å². The summed E-state index contributed by atoms with van der Waals surface area (Å²) in [5.41, 5.74) is 0. The Bertz CT molecular complexity index is 563. The minimum atomic E-state index is -3.27. The van der Waals surface area contributed by atoms with Crippen molar-refractivity contribution in [1.29, 1.82) is 0 Å². The Morgan fingerprint density at radius 1 is 1.12 bits per heavy atom. The average Bonchev–Trinajstić information content (AvgIpc) is 2.59. The van der Waals surface area contributed by atoms with E-state index in [2.05, 4.69) is 0 Å². The van der Waals surface area contributed by atoms with E-state index in [1.165, 1.54) is 4.31 Å². The van der Waals surface area contributed by atoms with Crippen LogP contribution in [0.3, 0.4) is 0 Å². The van der Waals surface area contributed by atoms with Crippen LogP contribution in [-0.4, -0.2) is 66.0 Å². The molecule has 2 unspecified atom stereocenters. The molecule has 2 aliphatic heterocycles. The van der Waals surface area contributed by atoms with E-state index in [0.717, 1.165) is 19.3 Å². The van der Waals surface area contributed by atoms with Gasteiger partial charge in [-0.3, -0.25) is 9.59 Å². The lowest BCUT2D eigenvalue weighted by molar-refractivity contribution is -0.143. The molecule has 0 bridgehead atoms. The van der Waals surface area contributed by atoms with Crippen LogP contribution in [0.2, 0.25) is 0 Å². The minimum absolute atomic E-state index is 0.00101. The molecule has 2 rings (SSSR count). The van der Waals surface area contributed by atoms with Crippen molar-refractivity contribution in [2.45, 2.75) is 57.9 Å². The van der Waals surface area contributed by atoms with Crippen molar-refractivity contribution in [2.24, 2.45) is 5.92 Å².